The summed E-state index contributed by atoms with van der Waals surface area (Å²) in [5.74, 6) is 0. The molecule has 0 saturated heterocycles. The van der Waals surface area contributed by atoms with Crippen molar-refractivity contribution in [3.05, 3.63) is 139 Å². The molecule has 37 heavy (non-hydrogen) atoms. The number of hydrogen-bond donors (Lipinski definition) is 2. The van der Waals surface area contributed by atoms with Crippen molar-refractivity contribution >= 4 is 45.7 Å². The second kappa shape index (κ2) is 13.9. The Hall–Kier alpha value is -4.03. The summed E-state index contributed by atoms with van der Waals surface area (Å²) >= 11 is 5.85. The maximum absolute atomic E-state index is 8.58. The molecule has 2 aromatic heterocycles. The molecule has 2 heterocycles. The first-order valence-electron chi connectivity index (χ1n) is 11.4. The minimum atomic E-state index is -1.34. The first kappa shape index (κ1) is 27.6. The molecule has 0 aliphatic rings. The van der Waals surface area contributed by atoms with Crippen LogP contribution in [0.3, 0.4) is 0 Å². The highest BCUT2D eigenvalue weighted by molar-refractivity contribution is 6.58. The van der Waals surface area contributed by atoms with Crippen molar-refractivity contribution in [2.75, 3.05) is 0 Å². The van der Waals surface area contributed by atoms with Crippen LogP contribution in [0.1, 0.15) is 7.43 Å². The van der Waals surface area contributed by atoms with Crippen LogP contribution in [0.25, 0.3) is 32.8 Å². The third kappa shape index (κ3) is 7.48. The second-order valence-electron chi connectivity index (χ2n) is 7.85. The number of pyridine rings is 2. The van der Waals surface area contributed by atoms with Gasteiger partial charge >= 0.3 is 7.12 Å². The molecule has 0 bridgehead atoms. The maximum Gasteiger partial charge on any atom is 0.488 e. The predicted molar refractivity (Wildman–Crippen MR) is 157 cm³/mol. The van der Waals surface area contributed by atoms with E-state index in [0.717, 1.165) is 16.5 Å². The third-order valence-corrected chi connectivity index (χ3v) is 5.74. The number of hydrogen-bond acceptors (Lipinski definition) is 4. The van der Waals surface area contributed by atoms with Crippen molar-refractivity contribution in [1.82, 2.24) is 9.97 Å². The van der Waals surface area contributed by atoms with Crippen LogP contribution in [0, 0.1) is 0 Å². The van der Waals surface area contributed by atoms with E-state index < -0.39 is 7.12 Å². The molecule has 6 rings (SSSR count). The molecule has 184 valence electrons. The molecule has 0 aliphatic heterocycles. The lowest BCUT2D eigenvalue weighted by molar-refractivity contribution is 0.426. The van der Waals surface area contributed by atoms with Crippen LogP contribution in [0.4, 0.5) is 0 Å². The van der Waals surface area contributed by atoms with Crippen LogP contribution in [-0.4, -0.2) is 27.1 Å². The standard InChI is InChI=1S/C15H11N.C9H6ClN.C6H7BO2.CH4/c1-2-7-13(8-3-1)15-14-9-5-4-6-12(14)10-11-16-15;10-9-8-4-2-1-3-7(8)5-6-11-9;8-7(9)6-4-2-1-3-5-6;/h1-11H;1-6H;1-5,8-9H;1H4. The first-order chi connectivity index (χ1) is 17.6. The average Bonchev–Trinajstić information content (AvgIpc) is 2.95. The number of fused-ring (bicyclic) bond motifs is 2. The molecule has 0 amide bonds. The van der Waals surface area contributed by atoms with Crippen molar-refractivity contribution in [2.24, 2.45) is 0 Å². The highest BCUT2D eigenvalue weighted by Crippen LogP contribution is 2.25. The fraction of sp³-hybridized carbons (Fsp3) is 0.0323. The lowest BCUT2D eigenvalue weighted by Crippen LogP contribution is -2.29. The lowest BCUT2D eigenvalue weighted by atomic mass is 9.81. The number of benzene rings is 4. The van der Waals surface area contributed by atoms with E-state index in [2.05, 4.69) is 46.4 Å². The quantitative estimate of drug-likeness (QED) is 0.200. The second-order valence-corrected chi connectivity index (χ2v) is 8.21. The minimum Gasteiger partial charge on any atom is -0.423 e. The monoisotopic (exact) mass is 506 g/mol. The number of rotatable bonds is 2. The van der Waals surface area contributed by atoms with Crippen LogP contribution in [-0.2, 0) is 0 Å². The molecule has 0 radical (unpaired) electrons. The number of nitrogens with zero attached hydrogens (tertiary/aromatic N) is 2. The van der Waals surface area contributed by atoms with Gasteiger partial charge in [0.15, 0.2) is 0 Å². The summed E-state index contributed by atoms with van der Waals surface area (Å²) in [5, 5.41) is 22.3. The van der Waals surface area contributed by atoms with E-state index in [1.807, 2.05) is 66.9 Å². The van der Waals surface area contributed by atoms with Crippen molar-refractivity contribution < 1.29 is 10.0 Å². The van der Waals surface area contributed by atoms with Crippen LogP contribution < -0.4 is 5.46 Å². The van der Waals surface area contributed by atoms with Gasteiger partial charge in [-0.1, -0.05) is 128 Å². The van der Waals surface area contributed by atoms with Gasteiger partial charge in [-0.15, -0.1) is 0 Å². The van der Waals surface area contributed by atoms with Crippen LogP contribution in [0.2, 0.25) is 5.15 Å². The van der Waals surface area contributed by atoms with Crippen molar-refractivity contribution in [3.8, 4) is 11.3 Å². The summed E-state index contributed by atoms with van der Waals surface area (Å²) in [6.07, 6.45) is 3.58. The normalized spacial score (nSPS) is 9.81. The molecule has 0 aliphatic carbocycles. The third-order valence-electron chi connectivity index (χ3n) is 5.44. The van der Waals surface area contributed by atoms with Gasteiger partial charge in [0.2, 0.25) is 0 Å². The molecule has 4 aromatic carbocycles. The van der Waals surface area contributed by atoms with E-state index in [1.54, 1.807) is 30.5 Å². The summed E-state index contributed by atoms with van der Waals surface area (Å²) in [5.41, 5.74) is 2.75. The summed E-state index contributed by atoms with van der Waals surface area (Å²) in [6.45, 7) is 0. The van der Waals surface area contributed by atoms with Gasteiger partial charge in [0.25, 0.3) is 0 Å². The molecular formula is C31H28BClN2O2. The largest absolute Gasteiger partial charge is 0.488 e. The topological polar surface area (TPSA) is 66.2 Å². The molecule has 4 nitrogen and oxygen atoms in total. The van der Waals surface area contributed by atoms with Crippen LogP contribution >= 0.6 is 11.6 Å². The highest BCUT2D eigenvalue weighted by Gasteiger charge is 2.07. The van der Waals surface area contributed by atoms with Gasteiger partial charge in [-0.2, -0.15) is 0 Å². The molecule has 6 aromatic rings. The van der Waals surface area contributed by atoms with E-state index >= 15 is 0 Å². The number of halogens is 1. The van der Waals surface area contributed by atoms with Gasteiger partial charge in [-0.05, 0) is 28.4 Å². The Morgan fingerprint density at radius 2 is 1.03 bits per heavy atom. The Balaban J connectivity index is 0.000000160. The zero-order chi connectivity index (χ0) is 25.2. The van der Waals surface area contributed by atoms with Gasteiger partial charge in [-0.25, -0.2) is 4.98 Å². The van der Waals surface area contributed by atoms with E-state index in [4.69, 9.17) is 21.6 Å². The van der Waals surface area contributed by atoms with Crippen molar-refractivity contribution in [3.63, 3.8) is 0 Å². The molecule has 0 atom stereocenters. The van der Waals surface area contributed by atoms with Crippen LogP contribution in [0.5, 0.6) is 0 Å². The lowest BCUT2D eigenvalue weighted by Gasteiger charge is -2.04. The molecule has 0 saturated carbocycles. The zero-order valence-electron chi connectivity index (χ0n) is 19.4. The summed E-state index contributed by atoms with van der Waals surface area (Å²) in [6, 6.07) is 39.2. The smallest absolute Gasteiger partial charge is 0.423 e. The van der Waals surface area contributed by atoms with E-state index in [0.29, 0.717) is 10.6 Å². The van der Waals surface area contributed by atoms with Crippen molar-refractivity contribution in [1.29, 1.82) is 0 Å². The van der Waals surface area contributed by atoms with E-state index in [1.165, 1.54) is 16.3 Å². The predicted octanol–water partition coefficient (Wildman–Crippen LogP) is 6.79. The summed E-state index contributed by atoms with van der Waals surface area (Å²) < 4.78 is 0. The highest BCUT2D eigenvalue weighted by atomic mass is 35.5. The Kier molecular flexibility index (Phi) is 10.4. The molecule has 0 fully saturated rings. The molecule has 0 unspecified atom stereocenters. The van der Waals surface area contributed by atoms with Gasteiger partial charge in [0, 0.05) is 28.7 Å². The van der Waals surface area contributed by atoms with E-state index in [-0.39, 0.29) is 7.43 Å². The number of aromatic nitrogens is 2. The Morgan fingerprint density at radius 3 is 1.59 bits per heavy atom. The summed E-state index contributed by atoms with van der Waals surface area (Å²) in [4.78, 5) is 8.45. The zero-order valence-corrected chi connectivity index (χ0v) is 20.2. The van der Waals surface area contributed by atoms with Gasteiger partial charge < -0.3 is 10.0 Å². The molecule has 6 heteroatoms. The van der Waals surface area contributed by atoms with Gasteiger partial charge in [0.1, 0.15) is 5.15 Å². The Bertz CT molecular complexity index is 1520. The SMILES string of the molecule is C.Clc1nccc2ccccc12.OB(O)c1ccccc1.c1ccc(-c2nccc3ccccc23)cc1. The van der Waals surface area contributed by atoms with E-state index in [9.17, 15) is 0 Å². The first-order valence-corrected chi connectivity index (χ1v) is 11.8. The van der Waals surface area contributed by atoms with Gasteiger partial charge in [0.05, 0.1) is 5.69 Å². The molecule has 0 spiro atoms. The van der Waals surface area contributed by atoms with Crippen LogP contribution in [0.15, 0.2) is 134 Å². The fourth-order valence-corrected chi connectivity index (χ4v) is 3.88. The molecule has 2 N–H and O–H groups in total. The molecular weight excluding hydrogens is 479 g/mol. The average molecular weight is 507 g/mol. The fourth-order valence-electron chi connectivity index (χ4n) is 3.65. The maximum atomic E-state index is 8.58. The van der Waals surface area contributed by atoms with Gasteiger partial charge in [-0.3, -0.25) is 4.98 Å². The van der Waals surface area contributed by atoms with Crippen molar-refractivity contribution in [2.45, 2.75) is 7.43 Å². The summed E-state index contributed by atoms with van der Waals surface area (Å²) in [7, 11) is -1.34. The Labute approximate surface area is 223 Å². The Morgan fingerprint density at radius 1 is 0.541 bits per heavy atom. The minimum absolute atomic E-state index is 0.